The topological polar surface area (TPSA) is 114 Å². The van der Waals surface area contributed by atoms with E-state index < -0.39 is 4.92 Å². The Labute approximate surface area is 152 Å². The van der Waals surface area contributed by atoms with Gasteiger partial charge in [0.15, 0.2) is 16.7 Å². The standard InChI is InChI=1S/C17H13N3O5S/c1-25-14-8-10(6-7-13(14)21)9-15-16(22)19-17(26-15)18-11-4-2-3-5-12(11)20(23)24/h2-9,21H,1H3,(H,18,19,22)/b15-9-. The number of para-hydroxylation sites is 2. The van der Waals surface area contributed by atoms with Crippen LogP contribution in [0.4, 0.5) is 11.4 Å². The Kier molecular flexibility index (Phi) is 4.90. The molecule has 2 aromatic rings. The summed E-state index contributed by atoms with van der Waals surface area (Å²) in [6.45, 7) is 0. The van der Waals surface area contributed by atoms with Crippen molar-refractivity contribution in [1.29, 1.82) is 0 Å². The van der Waals surface area contributed by atoms with Gasteiger partial charge in [0.1, 0.15) is 5.69 Å². The summed E-state index contributed by atoms with van der Waals surface area (Å²) in [5.74, 6) is -0.0762. The number of phenolic OH excluding ortho intramolecular Hbond substituents is 1. The molecule has 1 aliphatic heterocycles. The molecule has 1 heterocycles. The second-order valence-electron chi connectivity index (χ2n) is 5.16. The van der Waals surface area contributed by atoms with Crippen LogP contribution in [0.1, 0.15) is 5.56 Å². The normalized spacial score (nSPS) is 16.7. The third-order valence-electron chi connectivity index (χ3n) is 3.45. The lowest BCUT2D eigenvalue weighted by Gasteiger charge is -2.03. The number of thioether (sulfide) groups is 1. The highest BCUT2D eigenvalue weighted by Gasteiger charge is 2.25. The summed E-state index contributed by atoms with van der Waals surface area (Å²) >= 11 is 1.07. The fourth-order valence-corrected chi connectivity index (χ4v) is 3.07. The first-order valence-electron chi connectivity index (χ1n) is 7.38. The number of carbonyl (C=O) groups is 1. The third kappa shape index (κ3) is 3.67. The average Bonchev–Trinajstić information content (AvgIpc) is 2.96. The first-order chi connectivity index (χ1) is 12.5. The van der Waals surface area contributed by atoms with Crippen LogP contribution in [0.15, 0.2) is 52.4 Å². The largest absolute Gasteiger partial charge is 0.504 e. The van der Waals surface area contributed by atoms with Gasteiger partial charge in [-0.25, -0.2) is 4.99 Å². The van der Waals surface area contributed by atoms with Crippen molar-refractivity contribution in [2.75, 3.05) is 7.11 Å². The summed E-state index contributed by atoms with van der Waals surface area (Å²) in [4.78, 5) is 27.2. The summed E-state index contributed by atoms with van der Waals surface area (Å²) in [5.41, 5.74) is 0.674. The lowest BCUT2D eigenvalue weighted by molar-refractivity contribution is -0.384. The van der Waals surface area contributed by atoms with E-state index in [1.807, 2.05) is 0 Å². The highest BCUT2D eigenvalue weighted by molar-refractivity contribution is 8.18. The fraction of sp³-hybridized carbons (Fsp3) is 0.0588. The summed E-state index contributed by atoms with van der Waals surface area (Å²) in [5, 5.41) is 23.5. The zero-order chi connectivity index (χ0) is 18.7. The molecule has 0 aromatic heterocycles. The van der Waals surface area contributed by atoms with Crippen molar-refractivity contribution in [3.8, 4) is 11.5 Å². The zero-order valence-corrected chi connectivity index (χ0v) is 14.3. The first kappa shape index (κ1) is 17.5. The van der Waals surface area contributed by atoms with Crippen LogP contribution < -0.4 is 10.1 Å². The number of amidine groups is 1. The summed E-state index contributed by atoms with van der Waals surface area (Å²) in [6, 6.07) is 10.7. The molecule has 1 fully saturated rings. The van der Waals surface area contributed by atoms with Gasteiger partial charge in [-0.05, 0) is 41.6 Å². The molecule has 0 aliphatic carbocycles. The van der Waals surface area contributed by atoms with Crippen molar-refractivity contribution in [3.63, 3.8) is 0 Å². The number of nitro groups is 1. The molecule has 132 valence electrons. The van der Waals surface area contributed by atoms with Gasteiger partial charge in [0.2, 0.25) is 0 Å². The molecule has 1 aliphatic rings. The Morgan fingerprint density at radius 1 is 1.31 bits per heavy atom. The lowest BCUT2D eigenvalue weighted by atomic mass is 10.2. The molecular weight excluding hydrogens is 358 g/mol. The van der Waals surface area contributed by atoms with Gasteiger partial charge in [0.05, 0.1) is 16.9 Å². The number of ether oxygens (including phenoxy) is 1. The minimum atomic E-state index is -0.527. The second-order valence-corrected chi connectivity index (χ2v) is 6.19. The molecule has 26 heavy (non-hydrogen) atoms. The summed E-state index contributed by atoms with van der Waals surface area (Å²) < 4.78 is 5.04. The van der Waals surface area contributed by atoms with Crippen LogP contribution in [0.2, 0.25) is 0 Å². The molecule has 0 unspecified atom stereocenters. The van der Waals surface area contributed by atoms with Crippen LogP contribution in [0, 0.1) is 10.1 Å². The highest BCUT2D eigenvalue weighted by atomic mass is 32.2. The average molecular weight is 371 g/mol. The van der Waals surface area contributed by atoms with Crippen LogP contribution in [-0.4, -0.2) is 28.2 Å². The van der Waals surface area contributed by atoms with Gasteiger partial charge in [0.25, 0.3) is 11.6 Å². The molecule has 1 amide bonds. The summed E-state index contributed by atoms with van der Waals surface area (Å²) in [7, 11) is 1.43. The van der Waals surface area contributed by atoms with Gasteiger partial charge in [-0.3, -0.25) is 14.9 Å². The number of carbonyl (C=O) groups excluding carboxylic acids is 1. The van der Waals surface area contributed by atoms with E-state index in [1.165, 1.54) is 25.3 Å². The van der Waals surface area contributed by atoms with Crippen molar-refractivity contribution in [2.24, 2.45) is 4.99 Å². The Hall–Kier alpha value is -3.33. The number of aromatic hydroxyl groups is 1. The number of benzene rings is 2. The maximum atomic E-state index is 12.1. The van der Waals surface area contributed by atoms with Crippen molar-refractivity contribution in [2.45, 2.75) is 0 Å². The van der Waals surface area contributed by atoms with Crippen LogP contribution in [0.25, 0.3) is 6.08 Å². The van der Waals surface area contributed by atoms with Crippen molar-refractivity contribution in [3.05, 3.63) is 63.0 Å². The van der Waals surface area contributed by atoms with Gasteiger partial charge >= 0.3 is 0 Å². The van der Waals surface area contributed by atoms with Crippen LogP contribution in [0.5, 0.6) is 11.5 Å². The van der Waals surface area contributed by atoms with Gasteiger partial charge < -0.3 is 15.2 Å². The molecule has 8 nitrogen and oxygen atoms in total. The van der Waals surface area contributed by atoms with E-state index in [4.69, 9.17) is 4.74 Å². The van der Waals surface area contributed by atoms with Gasteiger partial charge in [0, 0.05) is 6.07 Å². The monoisotopic (exact) mass is 371 g/mol. The Morgan fingerprint density at radius 2 is 2.08 bits per heavy atom. The molecule has 1 saturated heterocycles. The van der Waals surface area contributed by atoms with E-state index in [1.54, 1.807) is 30.3 Å². The Morgan fingerprint density at radius 3 is 2.81 bits per heavy atom. The van der Waals surface area contributed by atoms with E-state index in [-0.39, 0.29) is 33.9 Å². The molecular formula is C17H13N3O5S. The summed E-state index contributed by atoms with van der Waals surface area (Å²) in [6.07, 6.45) is 1.61. The SMILES string of the molecule is COc1cc(/C=C2\SC(=Nc3ccccc3[N+](=O)[O-])NC2=O)ccc1O. The van der Waals surface area contributed by atoms with Crippen LogP contribution in [-0.2, 0) is 4.79 Å². The minimum Gasteiger partial charge on any atom is -0.504 e. The van der Waals surface area contributed by atoms with Crippen molar-refractivity contribution >= 4 is 40.3 Å². The molecule has 9 heteroatoms. The predicted octanol–water partition coefficient (Wildman–Crippen LogP) is 3.20. The number of amides is 1. The van der Waals surface area contributed by atoms with Gasteiger partial charge in [-0.1, -0.05) is 18.2 Å². The molecule has 0 radical (unpaired) electrons. The molecule has 0 atom stereocenters. The molecule has 0 saturated carbocycles. The number of phenols is 1. The molecule has 0 spiro atoms. The highest BCUT2D eigenvalue weighted by Crippen LogP contribution is 2.33. The third-order valence-corrected chi connectivity index (χ3v) is 4.36. The van der Waals surface area contributed by atoms with E-state index in [0.717, 1.165) is 11.8 Å². The number of aliphatic imine (C=N–C) groups is 1. The maximum Gasteiger partial charge on any atom is 0.294 e. The number of methoxy groups -OCH3 is 1. The van der Waals surface area contributed by atoms with Crippen LogP contribution >= 0.6 is 11.8 Å². The maximum absolute atomic E-state index is 12.1. The van der Waals surface area contributed by atoms with Crippen LogP contribution in [0.3, 0.4) is 0 Å². The molecule has 2 aromatic carbocycles. The van der Waals surface area contributed by atoms with E-state index in [9.17, 15) is 20.0 Å². The molecule has 0 bridgehead atoms. The lowest BCUT2D eigenvalue weighted by Crippen LogP contribution is -2.19. The van der Waals surface area contributed by atoms with E-state index >= 15 is 0 Å². The number of nitrogens with zero attached hydrogens (tertiary/aromatic N) is 2. The number of nitro benzene ring substituents is 1. The number of nitrogens with one attached hydrogen (secondary N) is 1. The van der Waals surface area contributed by atoms with Crippen molar-refractivity contribution in [1.82, 2.24) is 5.32 Å². The predicted molar refractivity (Wildman–Crippen MR) is 98.6 cm³/mol. The zero-order valence-electron chi connectivity index (χ0n) is 13.5. The number of hydrogen-bond donors (Lipinski definition) is 2. The van der Waals surface area contributed by atoms with Crippen molar-refractivity contribution < 1.29 is 19.6 Å². The number of rotatable bonds is 4. The van der Waals surface area contributed by atoms with E-state index in [0.29, 0.717) is 10.5 Å². The minimum absolute atomic E-state index is 0.00295. The smallest absolute Gasteiger partial charge is 0.294 e. The molecule has 3 rings (SSSR count). The fourth-order valence-electron chi connectivity index (χ4n) is 2.24. The van der Waals surface area contributed by atoms with Gasteiger partial charge in [-0.15, -0.1) is 0 Å². The Balaban J connectivity index is 1.88. The van der Waals surface area contributed by atoms with E-state index in [2.05, 4.69) is 10.3 Å². The second kappa shape index (κ2) is 7.28. The Bertz CT molecular complexity index is 955. The van der Waals surface area contributed by atoms with Gasteiger partial charge in [-0.2, -0.15) is 0 Å². The number of hydrogen-bond acceptors (Lipinski definition) is 7. The quantitative estimate of drug-likeness (QED) is 0.485. The first-order valence-corrected chi connectivity index (χ1v) is 8.19. The molecule has 2 N–H and O–H groups in total.